The van der Waals surface area contributed by atoms with Crippen LogP contribution in [0.5, 0.6) is 0 Å². The van der Waals surface area contributed by atoms with Gasteiger partial charge in [-0.2, -0.15) is 0 Å². The van der Waals surface area contributed by atoms with Crippen LogP contribution < -0.4 is 4.90 Å². The second kappa shape index (κ2) is 6.66. The summed E-state index contributed by atoms with van der Waals surface area (Å²) < 4.78 is 5.11. The van der Waals surface area contributed by atoms with Crippen molar-refractivity contribution in [2.24, 2.45) is 0 Å². The molecule has 1 heterocycles. The Morgan fingerprint density at radius 3 is 2.58 bits per heavy atom. The van der Waals surface area contributed by atoms with Crippen molar-refractivity contribution in [2.75, 3.05) is 18.1 Å². The fourth-order valence-corrected chi connectivity index (χ4v) is 2.75. The van der Waals surface area contributed by atoms with E-state index < -0.39 is 5.97 Å². The maximum atomic E-state index is 12.3. The Bertz CT molecular complexity index is 813. The lowest BCUT2D eigenvalue weighted by Gasteiger charge is -2.17. The number of Topliss-reactive ketones (excluding diaryl/α,β-unsaturated/α-hetero) is 1. The van der Waals surface area contributed by atoms with Crippen molar-refractivity contribution in [3.05, 3.63) is 65.2 Å². The highest BCUT2D eigenvalue weighted by molar-refractivity contribution is 6.00. The Kier molecular flexibility index (Phi) is 4.42. The number of fused-ring (bicyclic) bond motifs is 1. The minimum Gasteiger partial charge on any atom is -0.452 e. The predicted molar refractivity (Wildman–Crippen MR) is 89.2 cm³/mol. The minimum absolute atomic E-state index is 0.130. The number of hydrogen-bond donors (Lipinski definition) is 0. The normalized spacial score (nSPS) is 12.6. The van der Waals surface area contributed by atoms with Gasteiger partial charge < -0.3 is 9.64 Å². The maximum absolute atomic E-state index is 12.3. The van der Waals surface area contributed by atoms with E-state index in [9.17, 15) is 14.4 Å². The summed E-state index contributed by atoms with van der Waals surface area (Å²) >= 11 is 0. The van der Waals surface area contributed by atoms with Gasteiger partial charge in [-0.15, -0.1) is 0 Å². The van der Waals surface area contributed by atoms with Crippen LogP contribution >= 0.6 is 0 Å². The van der Waals surface area contributed by atoms with E-state index in [-0.39, 0.29) is 23.9 Å². The van der Waals surface area contributed by atoms with Gasteiger partial charge in [-0.25, -0.2) is 4.79 Å². The first-order chi connectivity index (χ1) is 11.6. The largest absolute Gasteiger partial charge is 0.452 e. The first-order valence-corrected chi connectivity index (χ1v) is 7.72. The number of ether oxygens (including phenoxy) is 1. The topological polar surface area (TPSA) is 63.7 Å². The van der Waals surface area contributed by atoms with Gasteiger partial charge in [0.1, 0.15) is 0 Å². The van der Waals surface area contributed by atoms with Crippen molar-refractivity contribution in [3.8, 4) is 0 Å². The molecule has 0 atom stereocenters. The molecule has 0 N–H and O–H groups in total. The maximum Gasteiger partial charge on any atom is 0.338 e. The van der Waals surface area contributed by atoms with Gasteiger partial charge in [-0.1, -0.05) is 30.3 Å². The third kappa shape index (κ3) is 3.20. The van der Waals surface area contributed by atoms with Crippen LogP contribution in [-0.2, 0) is 16.0 Å². The second-order valence-electron chi connectivity index (χ2n) is 5.64. The standard InChI is InChI=1S/C19H17NO4/c1-13(21)15-6-4-7-16(11-15)19(23)24-12-18(22)20-10-9-14-5-2-3-8-17(14)20/h2-8,11H,9-10,12H2,1H3. The van der Waals surface area contributed by atoms with Crippen molar-refractivity contribution in [1.29, 1.82) is 0 Å². The molecule has 1 aliphatic heterocycles. The van der Waals surface area contributed by atoms with Gasteiger partial charge in [0.2, 0.25) is 0 Å². The Hall–Kier alpha value is -2.95. The third-order valence-electron chi connectivity index (χ3n) is 4.02. The minimum atomic E-state index is -0.612. The first kappa shape index (κ1) is 15.9. The highest BCUT2D eigenvalue weighted by Gasteiger charge is 2.25. The Morgan fingerprint density at radius 2 is 1.79 bits per heavy atom. The van der Waals surface area contributed by atoms with E-state index in [1.165, 1.54) is 13.0 Å². The van der Waals surface area contributed by atoms with Crippen molar-refractivity contribution in [3.63, 3.8) is 0 Å². The zero-order valence-corrected chi connectivity index (χ0v) is 13.3. The lowest BCUT2D eigenvalue weighted by Crippen LogP contribution is -2.33. The van der Waals surface area contributed by atoms with Crippen LogP contribution in [0.15, 0.2) is 48.5 Å². The number of nitrogens with zero attached hydrogens (tertiary/aromatic N) is 1. The number of para-hydroxylation sites is 1. The fraction of sp³-hybridized carbons (Fsp3) is 0.211. The highest BCUT2D eigenvalue weighted by atomic mass is 16.5. The number of carbonyl (C=O) groups is 3. The summed E-state index contributed by atoms with van der Waals surface area (Å²) in [7, 11) is 0. The summed E-state index contributed by atoms with van der Waals surface area (Å²) in [5, 5.41) is 0. The molecule has 0 saturated heterocycles. The number of anilines is 1. The number of ketones is 1. The van der Waals surface area contributed by atoms with Crippen LogP contribution in [0.4, 0.5) is 5.69 Å². The molecule has 2 aromatic carbocycles. The molecule has 0 aliphatic carbocycles. The Labute approximate surface area is 139 Å². The van der Waals surface area contributed by atoms with Crippen molar-refractivity contribution >= 4 is 23.3 Å². The van der Waals surface area contributed by atoms with Crippen LogP contribution in [0.1, 0.15) is 33.2 Å². The van der Waals surface area contributed by atoms with E-state index in [1.807, 2.05) is 24.3 Å². The summed E-state index contributed by atoms with van der Waals surface area (Å²) in [6, 6.07) is 14.0. The van der Waals surface area contributed by atoms with Gasteiger partial charge in [0.25, 0.3) is 5.91 Å². The third-order valence-corrected chi connectivity index (χ3v) is 4.02. The Balaban J connectivity index is 1.64. The first-order valence-electron chi connectivity index (χ1n) is 7.72. The number of benzene rings is 2. The van der Waals surface area contributed by atoms with Gasteiger partial charge in [0, 0.05) is 17.8 Å². The molecular formula is C19H17NO4. The predicted octanol–water partition coefficient (Wildman–Crippen LogP) is 2.64. The summed E-state index contributed by atoms with van der Waals surface area (Å²) in [5.74, 6) is -0.996. The summed E-state index contributed by atoms with van der Waals surface area (Å²) in [6.07, 6.45) is 0.802. The smallest absolute Gasteiger partial charge is 0.338 e. The van der Waals surface area contributed by atoms with Gasteiger partial charge in [-0.3, -0.25) is 9.59 Å². The molecule has 3 rings (SSSR count). The SMILES string of the molecule is CC(=O)c1cccc(C(=O)OCC(=O)N2CCc3ccccc32)c1. The molecule has 5 nitrogen and oxygen atoms in total. The zero-order chi connectivity index (χ0) is 17.1. The van der Waals surface area contributed by atoms with Crippen LogP contribution in [0, 0.1) is 0 Å². The van der Waals surface area contributed by atoms with Crippen LogP contribution in [0.25, 0.3) is 0 Å². The van der Waals surface area contributed by atoms with Crippen molar-refractivity contribution in [1.82, 2.24) is 0 Å². The average Bonchev–Trinajstić information content (AvgIpc) is 3.03. The van der Waals surface area contributed by atoms with Crippen LogP contribution in [0.3, 0.4) is 0 Å². The highest BCUT2D eigenvalue weighted by Crippen LogP contribution is 2.27. The second-order valence-corrected chi connectivity index (χ2v) is 5.64. The molecule has 5 heteroatoms. The lowest BCUT2D eigenvalue weighted by atomic mass is 10.1. The molecule has 24 heavy (non-hydrogen) atoms. The fourth-order valence-electron chi connectivity index (χ4n) is 2.75. The van der Waals surface area contributed by atoms with E-state index in [0.717, 1.165) is 17.7 Å². The molecular weight excluding hydrogens is 306 g/mol. The molecule has 0 spiro atoms. The van der Waals surface area contributed by atoms with Crippen molar-refractivity contribution < 1.29 is 19.1 Å². The van der Waals surface area contributed by atoms with Gasteiger partial charge in [0.15, 0.2) is 12.4 Å². The molecule has 122 valence electrons. The van der Waals surface area contributed by atoms with E-state index in [4.69, 9.17) is 4.74 Å². The van der Waals surface area contributed by atoms with E-state index in [1.54, 1.807) is 23.1 Å². The monoisotopic (exact) mass is 323 g/mol. The Morgan fingerprint density at radius 1 is 1.04 bits per heavy atom. The molecule has 0 unspecified atom stereocenters. The van der Waals surface area contributed by atoms with Crippen LogP contribution in [-0.4, -0.2) is 30.8 Å². The summed E-state index contributed by atoms with van der Waals surface area (Å²) in [4.78, 5) is 37.4. The summed E-state index contributed by atoms with van der Waals surface area (Å²) in [6.45, 7) is 1.70. The molecule has 0 radical (unpaired) electrons. The lowest BCUT2D eigenvalue weighted by molar-refractivity contribution is -0.121. The number of amides is 1. The van der Waals surface area contributed by atoms with E-state index in [2.05, 4.69) is 0 Å². The van der Waals surface area contributed by atoms with E-state index in [0.29, 0.717) is 12.1 Å². The number of esters is 1. The van der Waals surface area contributed by atoms with Gasteiger partial charge in [0.05, 0.1) is 5.56 Å². The zero-order valence-electron chi connectivity index (χ0n) is 13.3. The number of carbonyl (C=O) groups excluding carboxylic acids is 3. The molecule has 2 aromatic rings. The number of rotatable bonds is 4. The van der Waals surface area contributed by atoms with Gasteiger partial charge in [-0.05, 0) is 37.1 Å². The quantitative estimate of drug-likeness (QED) is 0.641. The average molecular weight is 323 g/mol. The molecule has 0 fully saturated rings. The molecule has 1 amide bonds. The van der Waals surface area contributed by atoms with E-state index >= 15 is 0 Å². The van der Waals surface area contributed by atoms with Crippen LogP contribution in [0.2, 0.25) is 0 Å². The molecule has 0 bridgehead atoms. The molecule has 0 saturated carbocycles. The molecule has 0 aromatic heterocycles. The summed E-state index contributed by atoms with van der Waals surface area (Å²) in [5.41, 5.74) is 2.69. The van der Waals surface area contributed by atoms with Crippen molar-refractivity contribution in [2.45, 2.75) is 13.3 Å². The molecule has 1 aliphatic rings. The van der Waals surface area contributed by atoms with Gasteiger partial charge >= 0.3 is 5.97 Å². The number of hydrogen-bond acceptors (Lipinski definition) is 4.